The van der Waals surface area contributed by atoms with Crippen LogP contribution in [0, 0.1) is 0 Å². The van der Waals surface area contributed by atoms with E-state index in [9.17, 15) is 4.79 Å². The molecule has 0 fully saturated rings. The topological polar surface area (TPSA) is 120 Å². The van der Waals surface area contributed by atoms with Gasteiger partial charge in [0.1, 0.15) is 5.75 Å². The lowest BCUT2D eigenvalue weighted by atomic mass is 10.1. The van der Waals surface area contributed by atoms with Crippen molar-refractivity contribution in [1.82, 2.24) is 15.0 Å². The molecular weight excluding hydrogens is 374 g/mol. The lowest BCUT2D eigenvalue weighted by molar-refractivity contribution is 0.100. The van der Waals surface area contributed by atoms with E-state index < -0.39 is 5.91 Å². The largest absolute Gasteiger partial charge is 0.496 e. The second kappa shape index (κ2) is 6.32. The zero-order chi connectivity index (χ0) is 17.3. The Morgan fingerprint density at radius 1 is 1.29 bits per heavy atom. The van der Waals surface area contributed by atoms with Crippen LogP contribution in [-0.2, 0) is 0 Å². The number of methoxy groups -OCH3 is 1. The summed E-state index contributed by atoms with van der Waals surface area (Å²) in [6, 6.07) is 8.82. The maximum absolute atomic E-state index is 11.9. The van der Waals surface area contributed by atoms with Gasteiger partial charge in [-0.05, 0) is 30.3 Å². The Bertz CT molecular complexity index is 923. The number of carbonyl (C=O) groups is 1. The molecule has 3 rings (SSSR count). The van der Waals surface area contributed by atoms with E-state index in [0.717, 1.165) is 4.47 Å². The number of carbonyl (C=O) groups excluding carboxylic acids is 1. The first kappa shape index (κ1) is 16.0. The summed E-state index contributed by atoms with van der Waals surface area (Å²) in [5.74, 6) is 0.192. The van der Waals surface area contributed by atoms with Gasteiger partial charge in [-0.15, -0.1) is 0 Å². The molecule has 0 saturated carbocycles. The molecule has 7 nitrogen and oxygen atoms in total. The monoisotopic (exact) mass is 387 g/mol. The molecule has 0 aliphatic rings. The number of primary amides is 1. The summed E-state index contributed by atoms with van der Waals surface area (Å²) in [5, 5.41) is 0. The standard InChI is InChI=1S/C16H14BrN5O2/c1-24-13-3-2-8(17)6-9(13)14-10(15(18)23)7-12(21-14)11-4-5-20-16(19)22-11/h2-7,21H,1H3,(H2,18,23)(H2,19,20,22). The van der Waals surface area contributed by atoms with Crippen LogP contribution in [-0.4, -0.2) is 28.0 Å². The van der Waals surface area contributed by atoms with Crippen molar-refractivity contribution in [2.75, 3.05) is 12.8 Å². The van der Waals surface area contributed by atoms with Crippen molar-refractivity contribution < 1.29 is 9.53 Å². The molecule has 1 aromatic carbocycles. The van der Waals surface area contributed by atoms with E-state index in [1.807, 2.05) is 12.1 Å². The van der Waals surface area contributed by atoms with E-state index in [1.165, 1.54) is 0 Å². The van der Waals surface area contributed by atoms with Crippen molar-refractivity contribution in [2.45, 2.75) is 0 Å². The summed E-state index contributed by atoms with van der Waals surface area (Å²) in [6.07, 6.45) is 1.54. The molecule has 122 valence electrons. The van der Waals surface area contributed by atoms with Crippen LogP contribution in [0.15, 0.2) is 41.0 Å². The number of nitrogens with two attached hydrogens (primary N) is 2. The number of anilines is 1. The fourth-order valence-corrected chi connectivity index (χ4v) is 2.76. The van der Waals surface area contributed by atoms with Crippen LogP contribution >= 0.6 is 15.9 Å². The first-order valence-electron chi connectivity index (χ1n) is 6.95. The second-order valence-corrected chi connectivity index (χ2v) is 5.90. The van der Waals surface area contributed by atoms with Gasteiger partial charge >= 0.3 is 0 Å². The Morgan fingerprint density at radius 2 is 2.08 bits per heavy atom. The van der Waals surface area contributed by atoms with Crippen LogP contribution in [0.25, 0.3) is 22.6 Å². The summed E-state index contributed by atoms with van der Waals surface area (Å²) >= 11 is 3.42. The summed E-state index contributed by atoms with van der Waals surface area (Å²) in [5.41, 5.74) is 13.9. The zero-order valence-electron chi connectivity index (χ0n) is 12.7. The third-order valence-electron chi connectivity index (χ3n) is 3.46. The van der Waals surface area contributed by atoms with Crippen molar-refractivity contribution in [3.05, 3.63) is 46.6 Å². The molecule has 8 heteroatoms. The molecule has 0 atom stereocenters. The molecule has 24 heavy (non-hydrogen) atoms. The van der Waals surface area contributed by atoms with Gasteiger partial charge in [-0.1, -0.05) is 15.9 Å². The number of benzene rings is 1. The predicted molar refractivity (Wildman–Crippen MR) is 94.4 cm³/mol. The summed E-state index contributed by atoms with van der Waals surface area (Å²) in [6.45, 7) is 0. The molecule has 3 aromatic rings. The lowest BCUT2D eigenvalue weighted by Crippen LogP contribution is -2.11. The van der Waals surface area contributed by atoms with Crippen molar-refractivity contribution >= 4 is 27.8 Å². The summed E-state index contributed by atoms with van der Waals surface area (Å²) in [4.78, 5) is 23.1. The molecule has 1 amide bonds. The number of H-pyrrole nitrogens is 1. The zero-order valence-corrected chi connectivity index (χ0v) is 14.3. The van der Waals surface area contributed by atoms with E-state index in [2.05, 4.69) is 30.9 Å². The predicted octanol–water partition coefficient (Wildman–Crippen LogP) is 2.59. The van der Waals surface area contributed by atoms with Gasteiger partial charge in [-0.2, -0.15) is 0 Å². The second-order valence-electron chi connectivity index (χ2n) is 4.98. The average Bonchev–Trinajstić information content (AvgIpc) is 3.00. The smallest absolute Gasteiger partial charge is 0.250 e. The Hall–Kier alpha value is -2.87. The highest BCUT2D eigenvalue weighted by Crippen LogP contribution is 2.36. The molecule has 0 aliphatic carbocycles. The Balaban J connectivity index is 2.22. The molecule has 0 bridgehead atoms. The van der Waals surface area contributed by atoms with Crippen LogP contribution in [0.2, 0.25) is 0 Å². The van der Waals surface area contributed by atoms with Gasteiger partial charge in [-0.3, -0.25) is 4.79 Å². The molecule has 0 saturated heterocycles. The van der Waals surface area contributed by atoms with E-state index in [4.69, 9.17) is 16.2 Å². The molecule has 0 radical (unpaired) electrons. The highest BCUT2D eigenvalue weighted by molar-refractivity contribution is 9.10. The Morgan fingerprint density at radius 3 is 2.75 bits per heavy atom. The van der Waals surface area contributed by atoms with Crippen LogP contribution in [0.4, 0.5) is 5.95 Å². The number of nitrogens with one attached hydrogen (secondary N) is 1. The van der Waals surface area contributed by atoms with E-state index in [0.29, 0.717) is 34.0 Å². The number of rotatable bonds is 4. The minimum absolute atomic E-state index is 0.143. The number of nitrogen functional groups attached to an aromatic ring is 1. The van der Waals surface area contributed by atoms with Gasteiger partial charge in [0.2, 0.25) is 5.95 Å². The number of amides is 1. The molecule has 5 N–H and O–H groups in total. The highest BCUT2D eigenvalue weighted by atomic mass is 79.9. The van der Waals surface area contributed by atoms with E-state index in [1.54, 1.807) is 31.5 Å². The van der Waals surface area contributed by atoms with Gasteiger partial charge in [0.05, 0.1) is 29.8 Å². The number of nitrogens with zero attached hydrogens (tertiary/aromatic N) is 2. The minimum atomic E-state index is -0.559. The van der Waals surface area contributed by atoms with Gasteiger partial charge in [0, 0.05) is 16.2 Å². The van der Waals surface area contributed by atoms with Gasteiger partial charge in [0.15, 0.2) is 0 Å². The van der Waals surface area contributed by atoms with E-state index >= 15 is 0 Å². The average molecular weight is 388 g/mol. The van der Waals surface area contributed by atoms with Crippen LogP contribution < -0.4 is 16.2 Å². The maximum Gasteiger partial charge on any atom is 0.250 e. The normalized spacial score (nSPS) is 10.6. The van der Waals surface area contributed by atoms with Crippen molar-refractivity contribution in [2.24, 2.45) is 5.73 Å². The molecular formula is C16H14BrN5O2. The molecule has 0 aliphatic heterocycles. The molecule has 2 heterocycles. The summed E-state index contributed by atoms with van der Waals surface area (Å²) in [7, 11) is 1.56. The minimum Gasteiger partial charge on any atom is -0.496 e. The maximum atomic E-state index is 11.9. The number of hydrogen-bond donors (Lipinski definition) is 3. The number of aromatic amines is 1. The van der Waals surface area contributed by atoms with Gasteiger partial charge in [0.25, 0.3) is 5.91 Å². The van der Waals surface area contributed by atoms with Crippen LogP contribution in [0.3, 0.4) is 0 Å². The van der Waals surface area contributed by atoms with E-state index in [-0.39, 0.29) is 5.95 Å². The third-order valence-corrected chi connectivity index (χ3v) is 3.96. The lowest BCUT2D eigenvalue weighted by Gasteiger charge is -2.09. The van der Waals surface area contributed by atoms with Crippen LogP contribution in [0.1, 0.15) is 10.4 Å². The molecule has 0 unspecified atom stereocenters. The van der Waals surface area contributed by atoms with Crippen molar-refractivity contribution in [3.8, 4) is 28.4 Å². The van der Waals surface area contributed by atoms with Crippen molar-refractivity contribution in [1.29, 1.82) is 0 Å². The fourth-order valence-electron chi connectivity index (χ4n) is 2.40. The fraction of sp³-hybridized carbons (Fsp3) is 0.0625. The quantitative estimate of drug-likeness (QED) is 0.635. The molecule has 2 aromatic heterocycles. The molecule has 0 spiro atoms. The van der Waals surface area contributed by atoms with Crippen molar-refractivity contribution in [3.63, 3.8) is 0 Å². The number of halogens is 1. The number of aromatic nitrogens is 3. The Labute approximate surface area is 146 Å². The SMILES string of the molecule is COc1ccc(Br)cc1-c1[nH]c(-c2ccnc(N)n2)cc1C(N)=O. The first-order chi connectivity index (χ1) is 11.5. The number of ether oxygens (including phenoxy) is 1. The number of hydrogen-bond acceptors (Lipinski definition) is 5. The first-order valence-corrected chi connectivity index (χ1v) is 7.74. The Kier molecular flexibility index (Phi) is 4.22. The summed E-state index contributed by atoms with van der Waals surface area (Å²) < 4.78 is 6.23. The van der Waals surface area contributed by atoms with Crippen LogP contribution in [0.5, 0.6) is 5.75 Å². The highest BCUT2D eigenvalue weighted by Gasteiger charge is 2.19. The van der Waals surface area contributed by atoms with Gasteiger partial charge < -0.3 is 21.2 Å². The van der Waals surface area contributed by atoms with Gasteiger partial charge in [-0.25, -0.2) is 9.97 Å². The third kappa shape index (κ3) is 2.95.